The van der Waals surface area contributed by atoms with Gasteiger partial charge in [0.25, 0.3) is 5.91 Å². The van der Waals surface area contributed by atoms with Crippen LogP contribution in [-0.2, 0) is 24.4 Å². The number of likely N-dealkylation sites (tertiary alicyclic amines) is 1. The molecular weight excluding hydrogens is 338 g/mol. The second-order valence-corrected chi connectivity index (χ2v) is 7.36. The van der Waals surface area contributed by atoms with Crippen molar-refractivity contribution in [2.24, 2.45) is 5.92 Å². The molecule has 0 radical (unpaired) electrons. The summed E-state index contributed by atoms with van der Waals surface area (Å²) >= 11 is 0. The number of nitrogens with zero attached hydrogens (tertiary/aromatic N) is 1. The molecule has 4 rings (SSSR count). The lowest BCUT2D eigenvalue weighted by molar-refractivity contribution is -0.126. The number of fused-ring (bicyclic) bond motifs is 1. The Kier molecular flexibility index (Phi) is 5.21. The predicted octanol–water partition coefficient (Wildman–Crippen LogP) is 2.46. The molecule has 2 aromatic carbocycles. The van der Waals surface area contributed by atoms with E-state index in [2.05, 4.69) is 28.8 Å². The van der Waals surface area contributed by atoms with E-state index in [1.807, 2.05) is 35.2 Å². The lowest BCUT2D eigenvalue weighted by Gasteiger charge is -2.31. The molecule has 2 amide bonds. The highest BCUT2D eigenvalue weighted by Gasteiger charge is 2.27. The Morgan fingerprint density at radius 3 is 2.52 bits per heavy atom. The molecule has 5 nitrogen and oxygen atoms in total. The summed E-state index contributed by atoms with van der Waals surface area (Å²) in [6.07, 6.45) is 1.44. The first kappa shape index (κ1) is 17.7. The molecular formula is C22H25N3O2. The summed E-state index contributed by atoms with van der Waals surface area (Å²) in [5, 5.41) is 6.41. The summed E-state index contributed by atoms with van der Waals surface area (Å²) in [7, 11) is 0. The van der Waals surface area contributed by atoms with Crippen LogP contribution in [0.4, 0.5) is 0 Å². The van der Waals surface area contributed by atoms with Crippen LogP contribution in [-0.4, -0.2) is 29.8 Å². The van der Waals surface area contributed by atoms with Crippen molar-refractivity contribution < 1.29 is 9.59 Å². The zero-order valence-corrected chi connectivity index (χ0v) is 15.4. The van der Waals surface area contributed by atoms with Gasteiger partial charge >= 0.3 is 0 Å². The van der Waals surface area contributed by atoms with E-state index in [0.717, 1.165) is 31.5 Å². The molecule has 0 spiro atoms. The van der Waals surface area contributed by atoms with Gasteiger partial charge in [-0.05, 0) is 41.7 Å². The molecule has 2 aromatic rings. The van der Waals surface area contributed by atoms with Gasteiger partial charge in [0, 0.05) is 44.2 Å². The van der Waals surface area contributed by atoms with E-state index in [-0.39, 0.29) is 17.7 Å². The normalized spacial score (nSPS) is 16.8. The van der Waals surface area contributed by atoms with Crippen LogP contribution < -0.4 is 10.6 Å². The quantitative estimate of drug-likeness (QED) is 0.877. The van der Waals surface area contributed by atoms with Crippen molar-refractivity contribution in [2.45, 2.75) is 32.5 Å². The largest absolute Gasteiger partial charge is 0.352 e. The van der Waals surface area contributed by atoms with Crippen molar-refractivity contribution in [1.29, 1.82) is 0 Å². The van der Waals surface area contributed by atoms with Gasteiger partial charge in [0.1, 0.15) is 0 Å². The summed E-state index contributed by atoms with van der Waals surface area (Å²) in [6, 6.07) is 15.8. The zero-order chi connectivity index (χ0) is 18.6. The van der Waals surface area contributed by atoms with Gasteiger partial charge in [-0.2, -0.15) is 0 Å². The highest BCUT2D eigenvalue weighted by Crippen LogP contribution is 2.20. The lowest BCUT2D eigenvalue weighted by Crippen LogP contribution is -2.42. The Balaban J connectivity index is 1.27. The van der Waals surface area contributed by atoms with Crippen LogP contribution in [0.25, 0.3) is 0 Å². The summed E-state index contributed by atoms with van der Waals surface area (Å²) in [4.78, 5) is 26.9. The van der Waals surface area contributed by atoms with Gasteiger partial charge in [0.2, 0.25) is 5.91 Å². The van der Waals surface area contributed by atoms with Crippen molar-refractivity contribution in [3.8, 4) is 0 Å². The average molecular weight is 363 g/mol. The highest BCUT2D eigenvalue weighted by atomic mass is 16.2. The lowest BCUT2D eigenvalue weighted by atomic mass is 9.95. The highest BCUT2D eigenvalue weighted by molar-refractivity contribution is 5.94. The zero-order valence-electron chi connectivity index (χ0n) is 15.4. The molecule has 0 saturated carbocycles. The first-order chi connectivity index (χ1) is 13.2. The number of nitrogens with one attached hydrogen (secondary N) is 2. The van der Waals surface area contributed by atoms with Crippen LogP contribution in [0.15, 0.2) is 48.5 Å². The molecule has 0 unspecified atom stereocenters. The van der Waals surface area contributed by atoms with Crippen LogP contribution in [0.5, 0.6) is 0 Å². The third-order valence-corrected chi connectivity index (χ3v) is 5.54. The summed E-state index contributed by atoms with van der Waals surface area (Å²) < 4.78 is 0. The third-order valence-electron chi connectivity index (χ3n) is 5.54. The molecule has 2 aliphatic rings. The number of benzene rings is 2. The summed E-state index contributed by atoms with van der Waals surface area (Å²) in [5.41, 5.74) is 4.53. The van der Waals surface area contributed by atoms with Crippen molar-refractivity contribution in [3.05, 3.63) is 70.8 Å². The topological polar surface area (TPSA) is 61.4 Å². The van der Waals surface area contributed by atoms with Gasteiger partial charge < -0.3 is 15.5 Å². The Bertz CT molecular complexity index is 827. The van der Waals surface area contributed by atoms with Crippen molar-refractivity contribution in [3.63, 3.8) is 0 Å². The number of carbonyl (C=O) groups is 2. The first-order valence-corrected chi connectivity index (χ1v) is 9.64. The Morgan fingerprint density at radius 1 is 1.00 bits per heavy atom. The maximum absolute atomic E-state index is 12.5. The third kappa shape index (κ3) is 4.03. The van der Waals surface area contributed by atoms with E-state index in [4.69, 9.17) is 0 Å². The molecule has 5 heteroatoms. The van der Waals surface area contributed by atoms with E-state index < -0.39 is 0 Å². The molecule has 0 aromatic heterocycles. The molecule has 2 heterocycles. The maximum atomic E-state index is 12.5. The minimum atomic E-state index is -0.0130. The number of rotatable bonds is 4. The molecule has 1 saturated heterocycles. The van der Waals surface area contributed by atoms with Crippen molar-refractivity contribution in [2.75, 3.05) is 13.1 Å². The van der Waals surface area contributed by atoms with Crippen molar-refractivity contribution in [1.82, 2.24) is 15.5 Å². The van der Waals surface area contributed by atoms with Gasteiger partial charge in [-0.3, -0.25) is 9.59 Å². The fourth-order valence-corrected chi connectivity index (χ4v) is 3.90. The Hall–Kier alpha value is -2.66. The molecule has 2 aliphatic heterocycles. The molecule has 2 N–H and O–H groups in total. The van der Waals surface area contributed by atoms with Crippen LogP contribution in [0.2, 0.25) is 0 Å². The molecule has 0 atom stereocenters. The van der Waals surface area contributed by atoms with Gasteiger partial charge in [-0.1, -0.05) is 36.4 Å². The summed E-state index contributed by atoms with van der Waals surface area (Å²) in [6.45, 7) is 3.68. The number of piperidine rings is 1. The standard InChI is InChI=1S/C22H25N3O2/c26-21(24-13-16-6-7-19-14-23-15-20(19)12-16)17-8-10-25(11-9-17)22(27)18-4-2-1-3-5-18/h1-7,12,17,23H,8-11,13-15H2,(H,24,26). The average Bonchev–Trinajstić information content (AvgIpc) is 3.20. The van der Waals surface area contributed by atoms with Gasteiger partial charge in [-0.25, -0.2) is 0 Å². The van der Waals surface area contributed by atoms with E-state index in [0.29, 0.717) is 25.2 Å². The van der Waals surface area contributed by atoms with Crippen LogP contribution in [0.3, 0.4) is 0 Å². The Morgan fingerprint density at radius 2 is 1.74 bits per heavy atom. The molecule has 0 bridgehead atoms. The number of carbonyl (C=O) groups excluding carboxylic acids is 2. The van der Waals surface area contributed by atoms with E-state index in [1.165, 1.54) is 11.1 Å². The van der Waals surface area contributed by atoms with Crippen LogP contribution >= 0.6 is 0 Å². The van der Waals surface area contributed by atoms with E-state index in [9.17, 15) is 9.59 Å². The van der Waals surface area contributed by atoms with Crippen LogP contribution in [0, 0.1) is 5.92 Å². The maximum Gasteiger partial charge on any atom is 0.253 e. The fraction of sp³-hybridized carbons (Fsp3) is 0.364. The summed E-state index contributed by atoms with van der Waals surface area (Å²) in [5.74, 6) is 0.141. The van der Waals surface area contributed by atoms with Crippen LogP contribution in [0.1, 0.15) is 39.9 Å². The number of hydrogen-bond acceptors (Lipinski definition) is 3. The van der Waals surface area contributed by atoms with Gasteiger partial charge in [-0.15, -0.1) is 0 Å². The molecule has 140 valence electrons. The van der Waals surface area contributed by atoms with Crippen molar-refractivity contribution >= 4 is 11.8 Å². The molecule has 27 heavy (non-hydrogen) atoms. The SMILES string of the molecule is O=C(NCc1ccc2c(c1)CNC2)C1CCN(C(=O)c2ccccc2)CC1. The minimum Gasteiger partial charge on any atom is -0.352 e. The second kappa shape index (κ2) is 7.92. The van der Waals surface area contributed by atoms with Gasteiger partial charge in [0.05, 0.1) is 0 Å². The van der Waals surface area contributed by atoms with E-state index in [1.54, 1.807) is 0 Å². The fourth-order valence-electron chi connectivity index (χ4n) is 3.90. The minimum absolute atomic E-state index is 0.0130. The predicted molar refractivity (Wildman–Crippen MR) is 104 cm³/mol. The number of amides is 2. The Labute approximate surface area is 159 Å². The monoisotopic (exact) mass is 363 g/mol. The number of hydrogen-bond donors (Lipinski definition) is 2. The van der Waals surface area contributed by atoms with Gasteiger partial charge in [0.15, 0.2) is 0 Å². The van der Waals surface area contributed by atoms with E-state index >= 15 is 0 Å². The molecule has 1 fully saturated rings. The first-order valence-electron chi connectivity index (χ1n) is 9.64. The molecule has 0 aliphatic carbocycles. The second-order valence-electron chi connectivity index (χ2n) is 7.36. The smallest absolute Gasteiger partial charge is 0.253 e.